The molecule has 2 heterocycles. The fraction of sp³-hybridized carbons (Fsp3) is 0.300. The topological polar surface area (TPSA) is 72.7 Å². The maximum Gasteiger partial charge on any atom is 0.417 e. The highest BCUT2D eigenvalue weighted by Gasteiger charge is 2.31. The molecule has 0 fully saturated rings. The van der Waals surface area contributed by atoms with Gasteiger partial charge in [0.25, 0.3) is 0 Å². The van der Waals surface area contributed by atoms with Crippen LogP contribution in [0, 0.1) is 0 Å². The van der Waals surface area contributed by atoms with Crippen molar-refractivity contribution in [2.24, 2.45) is 0 Å². The second-order valence-electron chi connectivity index (χ2n) is 6.37. The van der Waals surface area contributed by atoms with Gasteiger partial charge >= 0.3 is 6.18 Å². The predicted octanol–water partition coefficient (Wildman–Crippen LogP) is 4.67. The summed E-state index contributed by atoms with van der Waals surface area (Å²) in [6.45, 7) is 4.40. The van der Waals surface area contributed by atoms with Crippen LogP contribution in [0.25, 0.3) is 11.5 Å². The van der Waals surface area contributed by atoms with Gasteiger partial charge in [-0.05, 0) is 43.2 Å². The minimum absolute atomic E-state index is 0.119. The molecule has 0 spiro atoms. The van der Waals surface area contributed by atoms with Crippen LogP contribution in [0.2, 0.25) is 0 Å². The molecule has 0 saturated carbocycles. The van der Waals surface area contributed by atoms with Gasteiger partial charge in [0.1, 0.15) is 5.69 Å². The van der Waals surface area contributed by atoms with Gasteiger partial charge in [-0.15, -0.1) is 10.2 Å². The highest BCUT2D eigenvalue weighted by atomic mass is 32.2. The molecule has 3 aromatic rings. The van der Waals surface area contributed by atoms with Crippen LogP contribution in [-0.4, -0.2) is 31.4 Å². The number of nitrogens with zero attached hydrogens (tertiary/aromatic N) is 4. The van der Waals surface area contributed by atoms with Crippen molar-refractivity contribution in [3.05, 3.63) is 53.7 Å². The van der Waals surface area contributed by atoms with Crippen LogP contribution < -0.4 is 5.32 Å². The van der Waals surface area contributed by atoms with E-state index >= 15 is 0 Å². The lowest BCUT2D eigenvalue weighted by molar-refractivity contribution is -0.137. The molecule has 158 valence electrons. The molecule has 0 bridgehead atoms. The standard InChI is InChI=1S/C20H20F3N5OS/c1-3-13-5-8-15(9-6-13)25-17(29)12-30-19-27-26-18(28(19)4-2)16-10-7-14(11-24-16)20(21,22)23/h5-11H,3-4,12H2,1-2H3,(H,25,29). The average molecular weight is 435 g/mol. The summed E-state index contributed by atoms with van der Waals surface area (Å²) in [7, 11) is 0. The maximum atomic E-state index is 12.7. The van der Waals surface area contributed by atoms with Gasteiger partial charge in [-0.3, -0.25) is 9.78 Å². The number of nitrogens with one attached hydrogen (secondary N) is 1. The Labute approximate surface area is 175 Å². The first kappa shape index (κ1) is 21.8. The summed E-state index contributed by atoms with van der Waals surface area (Å²) in [5.74, 6) is 0.280. The van der Waals surface area contributed by atoms with Crippen molar-refractivity contribution in [2.75, 3.05) is 11.1 Å². The zero-order valence-electron chi connectivity index (χ0n) is 16.4. The third-order valence-corrected chi connectivity index (χ3v) is 5.30. The number of pyridine rings is 1. The Morgan fingerprint density at radius 2 is 1.83 bits per heavy atom. The lowest BCUT2D eigenvalue weighted by atomic mass is 10.1. The van der Waals surface area contributed by atoms with Gasteiger partial charge in [-0.1, -0.05) is 30.8 Å². The first-order chi connectivity index (χ1) is 14.3. The van der Waals surface area contributed by atoms with E-state index in [4.69, 9.17) is 0 Å². The molecule has 1 amide bonds. The zero-order chi connectivity index (χ0) is 21.7. The van der Waals surface area contributed by atoms with Crippen molar-refractivity contribution in [1.82, 2.24) is 19.7 Å². The summed E-state index contributed by atoms with van der Waals surface area (Å²) in [6, 6.07) is 9.84. The van der Waals surface area contributed by atoms with Crippen molar-refractivity contribution < 1.29 is 18.0 Å². The molecule has 0 radical (unpaired) electrons. The largest absolute Gasteiger partial charge is 0.417 e. The molecule has 30 heavy (non-hydrogen) atoms. The Balaban J connectivity index is 1.67. The normalized spacial score (nSPS) is 11.5. The second-order valence-corrected chi connectivity index (χ2v) is 7.31. The van der Waals surface area contributed by atoms with Crippen LogP contribution in [0.4, 0.5) is 18.9 Å². The first-order valence-electron chi connectivity index (χ1n) is 9.30. The van der Waals surface area contributed by atoms with E-state index in [1.807, 2.05) is 31.2 Å². The van der Waals surface area contributed by atoms with Gasteiger partial charge in [0, 0.05) is 18.4 Å². The van der Waals surface area contributed by atoms with E-state index in [1.54, 1.807) is 4.57 Å². The fourth-order valence-electron chi connectivity index (χ4n) is 2.71. The molecule has 0 saturated heterocycles. The minimum Gasteiger partial charge on any atom is -0.325 e. The molecule has 0 atom stereocenters. The Kier molecular flexibility index (Phi) is 6.76. The van der Waals surface area contributed by atoms with Crippen LogP contribution in [-0.2, 0) is 23.9 Å². The van der Waals surface area contributed by atoms with E-state index in [9.17, 15) is 18.0 Å². The van der Waals surface area contributed by atoms with Crippen molar-refractivity contribution in [1.29, 1.82) is 0 Å². The van der Waals surface area contributed by atoms with E-state index < -0.39 is 11.7 Å². The second kappa shape index (κ2) is 9.29. The van der Waals surface area contributed by atoms with Crippen LogP contribution in [0.1, 0.15) is 25.0 Å². The van der Waals surface area contributed by atoms with Crippen LogP contribution in [0.5, 0.6) is 0 Å². The Morgan fingerprint density at radius 1 is 1.10 bits per heavy atom. The van der Waals surface area contributed by atoms with E-state index in [0.29, 0.717) is 23.2 Å². The molecule has 0 aliphatic heterocycles. The SMILES string of the molecule is CCc1ccc(NC(=O)CSc2nnc(-c3ccc(C(F)(F)F)cn3)n2CC)cc1. The van der Waals surface area contributed by atoms with Gasteiger partial charge in [0.15, 0.2) is 11.0 Å². The molecule has 3 rings (SSSR count). The Morgan fingerprint density at radius 3 is 2.40 bits per heavy atom. The summed E-state index contributed by atoms with van der Waals surface area (Å²) in [5, 5.41) is 11.4. The van der Waals surface area contributed by atoms with Crippen LogP contribution in [0.3, 0.4) is 0 Å². The van der Waals surface area contributed by atoms with E-state index in [1.165, 1.54) is 23.4 Å². The highest BCUT2D eigenvalue weighted by Crippen LogP contribution is 2.30. The van der Waals surface area contributed by atoms with Crippen molar-refractivity contribution in [2.45, 2.75) is 38.1 Å². The highest BCUT2D eigenvalue weighted by molar-refractivity contribution is 7.99. The van der Waals surface area contributed by atoms with Gasteiger partial charge in [0.2, 0.25) is 5.91 Å². The third-order valence-electron chi connectivity index (χ3n) is 4.33. The molecule has 0 unspecified atom stereocenters. The molecule has 10 heteroatoms. The third kappa shape index (κ3) is 5.18. The summed E-state index contributed by atoms with van der Waals surface area (Å²) >= 11 is 1.20. The number of aryl methyl sites for hydroxylation is 1. The van der Waals surface area contributed by atoms with E-state index in [0.717, 1.165) is 18.7 Å². The lowest BCUT2D eigenvalue weighted by Crippen LogP contribution is -2.14. The number of rotatable bonds is 7. The number of hydrogen-bond acceptors (Lipinski definition) is 5. The zero-order valence-corrected chi connectivity index (χ0v) is 17.2. The average Bonchev–Trinajstić information content (AvgIpc) is 3.15. The molecule has 2 aromatic heterocycles. The van der Waals surface area contributed by atoms with Gasteiger partial charge in [-0.25, -0.2) is 0 Å². The fourth-order valence-corrected chi connectivity index (χ4v) is 3.52. The number of anilines is 1. The monoisotopic (exact) mass is 435 g/mol. The summed E-state index contributed by atoms with van der Waals surface area (Å²) < 4.78 is 39.9. The number of amides is 1. The number of hydrogen-bond donors (Lipinski definition) is 1. The molecule has 0 aliphatic carbocycles. The molecular weight excluding hydrogens is 415 g/mol. The summed E-state index contributed by atoms with van der Waals surface area (Å²) in [6.07, 6.45) is -2.75. The maximum absolute atomic E-state index is 12.7. The molecule has 6 nitrogen and oxygen atoms in total. The van der Waals surface area contributed by atoms with Crippen LogP contribution >= 0.6 is 11.8 Å². The summed E-state index contributed by atoms with van der Waals surface area (Å²) in [5.41, 5.74) is 1.35. The van der Waals surface area contributed by atoms with E-state index in [-0.39, 0.29) is 17.4 Å². The number of carbonyl (C=O) groups excluding carboxylic acids is 1. The number of carbonyl (C=O) groups is 1. The first-order valence-corrected chi connectivity index (χ1v) is 10.3. The van der Waals surface area contributed by atoms with Gasteiger partial charge < -0.3 is 9.88 Å². The van der Waals surface area contributed by atoms with Gasteiger partial charge in [0.05, 0.1) is 11.3 Å². The number of thioether (sulfide) groups is 1. The predicted molar refractivity (Wildman–Crippen MR) is 109 cm³/mol. The number of alkyl halides is 3. The van der Waals surface area contributed by atoms with Crippen LogP contribution in [0.15, 0.2) is 47.8 Å². The smallest absolute Gasteiger partial charge is 0.325 e. The van der Waals surface area contributed by atoms with Crippen molar-refractivity contribution in [3.8, 4) is 11.5 Å². The number of aromatic nitrogens is 4. The number of halogens is 3. The summed E-state index contributed by atoms with van der Waals surface area (Å²) in [4.78, 5) is 16.1. The van der Waals surface area contributed by atoms with Gasteiger partial charge in [-0.2, -0.15) is 13.2 Å². The minimum atomic E-state index is -4.45. The molecule has 1 N–H and O–H groups in total. The molecule has 0 aliphatic rings. The molecule has 1 aromatic carbocycles. The molecular formula is C20H20F3N5OS. The Hall–Kier alpha value is -2.88. The van der Waals surface area contributed by atoms with Crippen molar-refractivity contribution in [3.63, 3.8) is 0 Å². The lowest BCUT2D eigenvalue weighted by Gasteiger charge is -2.09. The quantitative estimate of drug-likeness (QED) is 0.546. The number of benzene rings is 1. The van der Waals surface area contributed by atoms with Crippen molar-refractivity contribution >= 4 is 23.4 Å². The Bertz CT molecular complexity index is 1000. The van der Waals surface area contributed by atoms with E-state index in [2.05, 4.69) is 27.4 Å².